The first kappa shape index (κ1) is 11.1. The van der Waals surface area contributed by atoms with Crippen LogP contribution in [0, 0.1) is 12.8 Å². The van der Waals surface area contributed by atoms with E-state index >= 15 is 0 Å². The number of aromatic nitrogens is 1. The molecule has 88 valence electrons. The van der Waals surface area contributed by atoms with Crippen LogP contribution in [0.1, 0.15) is 24.3 Å². The lowest BCUT2D eigenvalue weighted by Gasteiger charge is -2.21. The van der Waals surface area contributed by atoms with Crippen LogP contribution >= 0.6 is 0 Å². The van der Waals surface area contributed by atoms with Crippen LogP contribution in [0.3, 0.4) is 0 Å². The zero-order valence-corrected chi connectivity index (χ0v) is 9.45. The molecule has 5 heteroatoms. The van der Waals surface area contributed by atoms with Crippen LogP contribution in [-0.4, -0.2) is 24.2 Å². The van der Waals surface area contributed by atoms with Crippen molar-refractivity contribution in [2.75, 3.05) is 13.1 Å². The Balaban J connectivity index is 1.78. The highest BCUT2D eigenvalue weighted by Gasteiger charge is 2.20. The summed E-state index contributed by atoms with van der Waals surface area (Å²) in [4.78, 5) is 11.8. The van der Waals surface area contributed by atoms with Crippen LogP contribution in [0.15, 0.2) is 10.6 Å². The number of piperidine rings is 1. The van der Waals surface area contributed by atoms with Crippen molar-refractivity contribution < 1.29 is 9.32 Å². The molecule has 0 spiro atoms. The van der Waals surface area contributed by atoms with Crippen LogP contribution in [0.2, 0.25) is 0 Å². The minimum Gasteiger partial charge on any atom is -0.359 e. The zero-order valence-electron chi connectivity index (χ0n) is 9.45. The number of carbonyl (C=O) groups excluding carboxylic acids is 1. The van der Waals surface area contributed by atoms with Gasteiger partial charge in [0.25, 0.3) is 0 Å². The summed E-state index contributed by atoms with van der Waals surface area (Å²) in [5.74, 6) is 0.973. The summed E-state index contributed by atoms with van der Waals surface area (Å²) >= 11 is 0. The Morgan fingerprint density at radius 2 is 2.38 bits per heavy atom. The molecule has 0 aromatic carbocycles. The maximum absolute atomic E-state index is 11.8. The van der Waals surface area contributed by atoms with Gasteiger partial charge < -0.3 is 15.2 Å². The summed E-state index contributed by atoms with van der Waals surface area (Å²) in [6.07, 6.45) is 1.84. The first-order valence-corrected chi connectivity index (χ1v) is 5.66. The summed E-state index contributed by atoms with van der Waals surface area (Å²) < 4.78 is 5.02. The van der Waals surface area contributed by atoms with Crippen LogP contribution in [0.25, 0.3) is 0 Å². The standard InChI is InChI=1S/C11H17N3O2/c1-8-6-10(16-14-8)7-13-11(15)9-2-4-12-5-3-9/h6,9,12H,2-5,7H2,1H3,(H,13,15). The van der Waals surface area contributed by atoms with Crippen molar-refractivity contribution >= 4 is 5.91 Å². The average molecular weight is 223 g/mol. The Bertz CT molecular complexity index is 356. The fourth-order valence-corrected chi connectivity index (χ4v) is 1.90. The van der Waals surface area contributed by atoms with Crippen molar-refractivity contribution in [1.29, 1.82) is 0 Å². The van der Waals surface area contributed by atoms with Gasteiger partial charge in [-0.15, -0.1) is 0 Å². The third-order valence-electron chi connectivity index (χ3n) is 2.82. The molecule has 0 aliphatic carbocycles. The average Bonchev–Trinajstić information content (AvgIpc) is 2.73. The molecule has 0 unspecified atom stereocenters. The normalized spacial score (nSPS) is 17.3. The monoisotopic (exact) mass is 223 g/mol. The second-order valence-electron chi connectivity index (χ2n) is 4.18. The van der Waals surface area contributed by atoms with Gasteiger partial charge in [-0.2, -0.15) is 0 Å². The van der Waals surface area contributed by atoms with Gasteiger partial charge in [0.2, 0.25) is 5.91 Å². The molecular weight excluding hydrogens is 206 g/mol. The Kier molecular flexibility index (Phi) is 3.56. The highest BCUT2D eigenvalue weighted by Crippen LogP contribution is 2.11. The first-order chi connectivity index (χ1) is 7.75. The van der Waals surface area contributed by atoms with E-state index in [1.54, 1.807) is 0 Å². The van der Waals surface area contributed by atoms with Crippen molar-refractivity contribution in [3.8, 4) is 0 Å². The maximum atomic E-state index is 11.8. The number of carbonyl (C=O) groups is 1. The third-order valence-corrected chi connectivity index (χ3v) is 2.82. The molecule has 5 nitrogen and oxygen atoms in total. The van der Waals surface area contributed by atoms with Crippen molar-refractivity contribution in [3.05, 3.63) is 17.5 Å². The van der Waals surface area contributed by atoms with Gasteiger partial charge in [0, 0.05) is 12.0 Å². The Morgan fingerprint density at radius 3 is 3.00 bits per heavy atom. The summed E-state index contributed by atoms with van der Waals surface area (Å²) in [5.41, 5.74) is 0.839. The van der Waals surface area contributed by atoms with Crippen molar-refractivity contribution in [2.45, 2.75) is 26.3 Å². The van der Waals surface area contributed by atoms with E-state index in [2.05, 4.69) is 15.8 Å². The van der Waals surface area contributed by atoms with E-state index in [1.165, 1.54) is 0 Å². The molecule has 2 N–H and O–H groups in total. The van der Waals surface area contributed by atoms with E-state index in [1.807, 2.05) is 13.0 Å². The van der Waals surface area contributed by atoms with E-state index in [0.29, 0.717) is 12.3 Å². The fourth-order valence-electron chi connectivity index (χ4n) is 1.90. The fraction of sp³-hybridized carbons (Fsp3) is 0.636. The van der Waals surface area contributed by atoms with Crippen LogP contribution in [-0.2, 0) is 11.3 Å². The number of aryl methyl sites for hydroxylation is 1. The predicted octanol–water partition coefficient (Wildman–Crippen LogP) is 0.599. The quantitative estimate of drug-likeness (QED) is 0.787. The molecule has 1 fully saturated rings. The largest absolute Gasteiger partial charge is 0.359 e. The minimum absolute atomic E-state index is 0.121. The van der Waals surface area contributed by atoms with Gasteiger partial charge in [0.15, 0.2) is 5.76 Å². The number of nitrogens with one attached hydrogen (secondary N) is 2. The highest BCUT2D eigenvalue weighted by molar-refractivity contribution is 5.78. The Hall–Kier alpha value is -1.36. The van der Waals surface area contributed by atoms with E-state index in [4.69, 9.17) is 4.52 Å². The van der Waals surface area contributed by atoms with Crippen LogP contribution in [0.4, 0.5) is 0 Å². The molecule has 16 heavy (non-hydrogen) atoms. The van der Waals surface area contributed by atoms with Gasteiger partial charge in [-0.05, 0) is 32.9 Å². The Morgan fingerprint density at radius 1 is 1.62 bits per heavy atom. The van der Waals surface area contributed by atoms with Gasteiger partial charge in [-0.25, -0.2) is 0 Å². The van der Waals surface area contributed by atoms with E-state index in [-0.39, 0.29) is 11.8 Å². The van der Waals surface area contributed by atoms with Crippen LogP contribution < -0.4 is 10.6 Å². The summed E-state index contributed by atoms with van der Waals surface area (Å²) in [6, 6.07) is 1.84. The molecule has 1 amide bonds. The van der Waals surface area contributed by atoms with Crippen molar-refractivity contribution in [3.63, 3.8) is 0 Å². The first-order valence-electron chi connectivity index (χ1n) is 5.66. The lowest BCUT2D eigenvalue weighted by Crippen LogP contribution is -2.37. The number of amides is 1. The topological polar surface area (TPSA) is 67.2 Å². The molecule has 1 aromatic heterocycles. The molecule has 1 aromatic rings. The molecule has 2 heterocycles. The number of nitrogens with zero attached hydrogens (tertiary/aromatic N) is 1. The molecule has 0 saturated carbocycles. The second-order valence-corrected chi connectivity index (χ2v) is 4.18. The highest BCUT2D eigenvalue weighted by atomic mass is 16.5. The summed E-state index contributed by atoms with van der Waals surface area (Å²) in [5, 5.41) is 9.89. The molecule has 0 radical (unpaired) electrons. The zero-order chi connectivity index (χ0) is 11.4. The predicted molar refractivity (Wildman–Crippen MR) is 58.7 cm³/mol. The van der Waals surface area contributed by atoms with E-state index in [0.717, 1.165) is 31.6 Å². The third kappa shape index (κ3) is 2.82. The molecule has 1 aliphatic heterocycles. The van der Waals surface area contributed by atoms with Gasteiger partial charge in [0.1, 0.15) is 0 Å². The summed E-state index contributed by atoms with van der Waals surface area (Å²) in [7, 11) is 0. The van der Waals surface area contributed by atoms with E-state index in [9.17, 15) is 4.79 Å². The SMILES string of the molecule is Cc1cc(CNC(=O)C2CCNCC2)on1. The van der Waals surface area contributed by atoms with Crippen LogP contribution in [0.5, 0.6) is 0 Å². The smallest absolute Gasteiger partial charge is 0.223 e. The van der Waals surface area contributed by atoms with Gasteiger partial charge in [-0.3, -0.25) is 4.79 Å². The van der Waals surface area contributed by atoms with Gasteiger partial charge in [0.05, 0.1) is 12.2 Å². The van der Waals surface area contributed by atoms with E-state index < -0.39 is 0 Å². The number of rotatable bonds is 3. The molecule has 1 aliphatic rings. The second kappa shape index (κ2) is 5.12. The lowest BCUT2D eigenvalue weighted by atomic mass is 9.97. The number of hydrogen-bond acceptors (Lipinski definition) is 4. The van der Waals surface area contributed by atoms with Crippen molar-refractivity contribution in [1.82, 2.24) is 15.8 Å². The molecule has 1 saturated heterocycles. The molecule has 0 atom stereocenters. The lowest BCUT2D eigenvalue weighted by molar-refractivity contribution is -0.126. The Labute approximate surface area is 94.6 Å². The van der Waals surface area contributed by atoms with Gasteiger partial charge >= 0.3 is 0 Å². The molecular formula is C11H17N3O2. The molecule has 0 bridgehead atoms. The van der Waals surface area contributed by atoms with Gasteiger partial charge in [-0.1, -0.05) is 5.16 Å². The summed E-state index contributed by atoms with van der Waals surface area (Å²) in [6.45, 7) is 4.16. The molecule has 2 rings (SSSR count). The van der Waals surface area contributed by atoms with Crippen molar-refractivity contribution in [2.24, 2.45) is 5.92 Å². The maximum Gasteiger partial charge on any atom is 0.223 e. The minimum atomic E-state index is 0.121. The number of hydrogen-bond donors (Lipinski definition) is 2.